The van der Waals surface area contributed by atoms with Crippen molar-refractivity contribution in [1.82, 2.24) is 10.2 Å². The molecule has 0 aromatic carbocycles. The highest BCUT2D eigenvalue weighted by Gasteiger charge is 2.21. The van der Waals surface area contributed by atoms with Crippen LogP contribution < -0.4 is 5.32 Å². The lowest BCUT2D eigenvalue weighted by Gasteiger charge is -2.35. The first-order valence-electron chi connectivity index (χ1n) is 6.92. The first kappa shape index (κ1) is 12.3. The summed E-state index contributed by atoms with van der Waals surface area (Å²) in [7, 11) is 0. The van der Waals surface area contributed by atoms with Crippen molar-refractivity contribution in [3.05, 3.63) is 0 Å². The summed E-state index contributed by atoms with van der Waals surface area (Å²) in [5, 5.41) is 3.45. The molecule has 0 aliphatic carbocycles. The fraction of sp³-hybridized carbons (Fsp3) is 1.00. The van der Waals surface area contributed by atoms with E-state index in [-0.39, 0.29) is 0 Å². The summed E-state index contributed by atoms with van der Waals surface area (Å²) in [4.78, 5) is 2.63. The number of hydrogen-bond donors (Lipinski definition) is 1. The van der Waals surface area contributed by atoms with Crippen molar-refractivity contribution in [3.8, 4) is 0 Å². The zero-order valence-electron chi connectivity index (χ0n) is 10.6. The summed E-state index contributed by atoms with van der Waals surface area (Å²) in [5.74, 6) is 0.945. The summed E-state index contributed by atoms with van der Waals surface area (Å²) >= 11 is 0. The van der Waals surface area contributed by atoms with Gasteiger partial charge in [-0.1, -0.05) is 6.92 Å². The van der Waals surface area contributed by atoms with Gasteiger partial charge < -0.3 is 10.1 Å². The topological polar surface area (TPSA) is 24.5 Å². The summed E-state index contributed by atoms with van der Waals surface area (Å²) in [6.45, 7) is 9.05. The number of ether oxygens (including phenoxy) is 1. The van der Waals surface area contributed by atoms with Crippen LogP contribution in [0.4, 0.5) is 0 Å². The largest absolute Gasteiger partial charge is 0.378 e. The lowest BCUT2D eigenvalue weighted by molar-refractivity contribution is -0.00949. The average molecular weight is 226 g/mol. The normalized spacial score (nSPS) is 32.1. The van der Waals surface area contributed by atoms with Gasteiger partial charge in [-0.3, -0.25) is 4.90 Å². The van der Waals surface area contributed by atoms with Gasteiger partial charge in [0, 0.05) is 12.6 Å². The van der Waals surface area contributed by atoms with Crippen molar-refractivity contribution < 1.29 is 4.74 Å². The van der Waals surface area contributed by atoms with Gasteiger partial charge >= 0.3 is 0 Å². The van der Waals surface area contributed by atoms with E-state index < -0.39 is 0 Å². The lowest BCUT2D eigenvalue weighted by atomic mass is 10.0. The number of nitrogens with one attached hydrogen (secondary N) is 1. The van der Waals surface area contributed by atoms with Gasteiger partial charge in [0.05, 0.1) is 13.2 Å². The van der Waals surface area contributed by atoms with Crippen LogP contribution in [0.15, 0.2) is 0 Å². The Balaban J connectivity index is 1.63. The molecule has 2 heterocycles. The fourth-order valence-corrected chi connectivity index (χ4v) is 2.90. The van der Waals surface area contributed by atoms with Crippen LogP contribution in [0.1, 0.15) is 32.6 Å². The van der Waals surface area contributed by atoms with E-state index in [1.165, 1.54) is 45.3 Å². The minimum atomic E-state index is 0.676. The van der Waals surface area contributed by atoms with Crippen LogP contribution in [0.3, 0.4) is 0 Å². The first-order valence-corrected chi connectivity index (χ1v) is 6.92. The average Bonchev–Trinajstić information content (AvgIpc) is 2.83. The van der Waals surface area contributed by atoms with Gasteiger partial charge in [0.25, 0.3) is 0 Å². The summed E-state index contributed by atoms with van der Waals surface area (Å²) in [5.41, 5.74) is 0. The molecule has 0 aromatic heterocycles. The van der Waals surface area contributed by atoms with Crippen LogP contribution in [0.25, 0.3) is 0 Å². The van der Waals surface area contributed by atoms with E-state index in [9.17, 15) is 0 Å². The smallest absolute Gasteiger partial charge is 0.0622 e. The van der Waals surface area contributed by atoms with Gasteiger partial charge in [-0.05, 0) is 51.2 Å². The number of morpholine rings is 1. The van der Waals surface area contributed by atoms with Crippen molar-refractivity contribution in [3.63, 3.8) is 0 Å². The van der Waals surface area contributed by atoms with Gasteiger partial charge in [-0.15, -0.1) is 0 Å². The maximum absolute atomic E-state index is 5.53. The molecule has 2 unspecified atom stereocenters. The van der Waals surface area contributed by atoms with Crippen molar-refractivity contribution in [2.75, 3.05) is 39.4 Å². The Kier molecular flexibility index (Phi) is 5.07. The van der Waals surface area contributed by atoms with Gasteiger partial charge in [0.15, 0.2) is 0 Å². The van der Waals surface area contributed by atoms with Gasteiger partial charge in [0.2, 0.25) is 0 Å². The molecular weight excluding hydrogens is 200 g/mol. The Labute approximate surface area is 99.5 Å². The Morgan fingerprint density at radius 2 is 2.38 bits per heavy atom. The summed E-state index contributed by atoms with van der Waals surface area (Å²) < 4.78 is 5.53. The van der Waals surface area contributed by atoms with Crippen molar-refractivity contribution >= 4 is 0 Å². The predicted molar refractivity (Wildman–Crippen MR) is 66.7 cm³/mol. The van der Waals surface area contributed by atoms with E-state index in [2.05, 4.69) is 17.1 Å². The Morgan fingerprint density at radius 1 is 1.44 bits per heavy atom. The predicted octanol–water partition coefficient (Wildman–Crippen LogP) is 1.49. The van der Waals surface area contributed by atoms with E-state index >= 15 is 0 Å². The van der Waals surface area contributed by atoms with Crippen LogP contribution in [-0.2, 0) is 4.74 Å². The molecule has 3 heteroatoms. The van der Waals surface area contributed by atoms with E-state index in [1.807, 2.05) is 0 Å². The zero-order valence-corrected chi connectivity index (χ0v) is 10.6. The number of hydrogen-bond acceptors (Lipinski definition) is 3. The summed E-state index contributed by atoms with van der Waals surface area (Å²) in [6, 6.07) is 0.676. The van der Waals surface area contributed by atoms with Crippen LogP contribution in [0, 0.1) is 5.92 Å². The SMILES string of the molecule is CCC1COCCN1CCCC1CCNC1. The molecule has 3 nitrogen and oxygen atoms in total. The molecule has 0 radical (unpaired) electrons. The second-order valence-corrected chi connectivity index (χ2v) is 5.17. The van der Waals surface area contributed by atoms with E-state index in [1.54, 1.807) is 0 Å². The van der Waals surface area contributed by atoms with Gasteiger partial charge in [-0.2, -0.15) is 0 Å². The molecule has 2 atom stereocenters. The van der Waals surface area contributed by atoms with Crippen LogP contribution in [0.5, 0.6) is 0 Å². The van der Waals surface area contributed by atoms with Crippen molar-refractivity contribution in [2.45, 2.75) is 38.6 Å². The maximum atomic E-state index is 5.53. The molecule has 0 bridgehead atoms. The molecule has 2 fully saturated rings. The molecule has 0 aromatic rings. The molecule has 2 aliphatic heterocycles. The third kappa shape index (κ3) is 3.44. The molecule has 2 rings (SSSR count). The second kappa shape index (κ2) is 6.58. The highest BCUT2D eigenvalue weighted by Crippen LogP contribution is 2.16. The highest BCUT2D eigenvalue weighted by atomic mass is 16.5. The molecule has 94 valence electrons. The minimum absolute atomic E-state index is 0.676. The van der Waals surface area contributed by atoms with E-state index in [0.29, 0.717) is 6.04 Å². The fourth-order valence-electron chi connectivity index (χ4n) is 2.90. The third-order valence-electron chi connectivity index (χ3n) is 4.04. The standard InChI is InChI=1S/C13H26N2O/c1-2-13-11-16-9-8-15(13)7-3-4-12-5-6-14-10-12/h12-14H,2-11H2,1H3. The molecule has 2 aliphatic rings. The molecule has 0 amide bonds. The monoisotopic (exact) mass is 226 g/mol. The third-order valence-corrected chi connectivity index (χ3v) is 4.04. The Bertz CT molecular complexity index is 192. The molecule has 16 heavy (non-hydrogen) atoms. The summed E-state index contributed by atoms with van der Waals surface area (Å²) in [6.07, 6.45) is 5.38. The maximum Gasteiger partial charge on any atom is 0.0622 e. The Hall–Kier alpha value is -0.120. The number of rotatable bonds is 5. The lowest BCUT2D eigenvalue weighted by Crippen LogP contribution is -2.45. The zero-order chi connectivity index (χ0) is 11.2. The molecule has 2 saturated heterocycles. The van der Waals surface area contributed by atoms with Crippen LogP contribution >= 0.6 is 0 Å². The minimum Gasteiger partial charge on any atom is -0.378 e. The van der Waals surface area contributed by atoms with Crippen LogP contribution in [0.2, 0.25) is 0 Å². The molecule has 0 saturated carbocycles. The second-order valence-electron chi connectivity index (χ2n) is 5.17. The highest BCUT2D eigenvalue weighted by molar-refractivity contribution is 4.76. The quantitative estimate of drug-likeness (QED) is 0.768. The van der Waals surface area contributed by atoms with E-state index in [0.717, 1.165) is 25.7 Å². The van der Waals surface area contributed by atoms with Crippen molar-refractivity contribution in [1.29, 1.82) is 0 Å². The molecule has 1 N–H and O–H groups in total. The number of nitrogens with zero attached hydrogens (tertiary/aromatic N) is 1. The molecule has 0 spiro atoms. The van der Waals surface area contributed by atoms with Gasteiger partial charge in [-0.25, -0.2) is 0 Å². The van der Waals surface area contributed by atoms with E-state index in [4.69, 9.17) is 4.74 Å². The first-order chi connectivity index (χ1) is 7.90. The van der Waals surface area contributed by atoms with Crippen LogP contribution in [-0.4, -0.2) is 50.3 Å². The Morgan fingerprint density at radius 3 is 3.12 bits per heavy atom. The van der Waals surface area contributed by atoms with Gasteiger partial charge in [0.1, 0.15) is 0 Å². The molecular formula is C13H26N2O. The van der Waals surface area contributed by atoms with Crippen molar-refractivity contribution in [2.24, 2.45) is 5.92 Å².